The van der Waals surface area contributed by atoms with Gasteiger partial charge in [-0.3, -0.25) is 14.8 Å². The van der Waals surface area contributed by atoms with Gasteiger partial charge in [0.2, 0.25) is 5.78 Å². The van der Waals surface area contributed by atoms with Crippen LogP contribution < -0.4 is 11.4 Å². The Bertz CT molecular complexity index is 1170. The van der Waals surface area contributed by atoms with Crippen LogP contribution in [-0.4, -0.2) is 20.2 Å². The molecule has 2 heterocycles. The van der Waals surface area contributed by atoms with E-state index >= 15 is 0 Å². The van der Waals surface area contributed by atoms with Gasteiger partial charge in [0.15, 0.2) is 0 Å². The lowest BCUT2D eigenvalue weighted by molar-refractivity contribution is 0.103. The molecule has 4 aromatic rings. The Morgan fingerprint density at radius 3 is 2.22 bits per heavy atom. The van der Waals surface area contributed by atoms with E-state index in [1.165, 1.54) is 4.40 Å². The highest BCUT2D eigenvalue weighted by molar-refractivity contribution is 6.18. The van der Waals surface area contributed by atoms with Crippen LogP contribution in [0.25, 0.3) is 16.4 Å². The van der Waals surface area contributed by atoms with Crippen LogP contribution in [0, 0.1) is 0 Å². The molecule has 2 aromatic carbocycles. The minimum absolute atomic E-state index is 0.235. The molecule has 0 aliphatic heterocycles. The Kier molecular flexibility index (Phi) is 2.77. The summed E-state index contributed by atoms with van der Waals surface area (Å²) >= 11 is 0. The lowest BCUT2D eigenvalue weighted by atomic mass is 10.1. The molecule has 0 fully saturated rings. The van der Waals surface area contributed by atoms with Crippen molar-refractivity contribution in [1.82, 2.24) is 14.4 Å². The molecule has 0 atom stereocenters. The second kappa shape index (κ2) is 4.81. The number of hydrogen-bond donors (Lipinski definition) is 2. The van der Waals surface area contributed by atoms with Crippen LogP contribution in [0.5, 0.6) is 0 Å². The molecule has 23 heavy (non-hydrogen) atoms. The fraction of sp³-hybridized carbons (Fsp3) is 0. The smallest absolute Gasteiger partial charge is 0.292 e. The highest BCUT2D eigenvalue weighted by Gasteiger charge is 2.21. The number of fused-ring (bicyclic) bond motifs is 3. The summed E-state index contributed by atoms with van der Waals surface area (Å²) in [7, 11) is 0. The number of H-pyrrole nitrogens is 2. The fourth-order valence-electron chi connectivity index (χ4n) is 2.82. The molecule has 0 bridgehead atoms. The van der Waals surface area contributed by atoms with E-state index in [0.29, 0.717) is 22.0 Å². The van der Waals surface area contributed by atoms with Crippen molar-refractivity contribution in [2.45, 2.75) is 0 Å². The highest BCUT2D eigenvalue weighted by Crippen LogP contribution is 2.25. The molecule has 0 aliphatic rings. The molecule has 2 aromatic heterocycles. The maximum atomic E-state index is 12.9. The number of nitrogens with zero attached hydrogens (tertiary/aromatic N) is 1. The SMILES string of the molecule is O=C(c1ccccc1)c1c2ccccc2c2[nH]c(=O)[nH]c(=O)n12. The van der Waals surface area contributed by atoms with Crippen LogP contribution in [0.2, 0.25) is 0 Å². The van der Waals surface area contributed by atoms with Gasteiger partial charge in [0.1, 0.15) is 11.3 Å². The number of nitrogens with one attached hydrogen (secondary N) is 2. The quantitative estimate of drug-likeness (QED) is 0.553. The average Bonchev–Trinajstić information content (AvgIpc) is 2.90. The van der Waals surface area contributed by atoms with E-state index in [2.05, 4.69) is 9.97 Å². The third-order valence-electron chi connectivity index (χ3n) is 3.79. The van der Waals surface area contributed by atoms with Crippen molar-refractivity contribution in [1.29, 1.82) is 0 Å². The van der Waals surface area contributed by atoms with E-state index in [4.69, 9.17) is 0 Å². The van der Waals surface area contributed by atoms with Crippen LogP contribution >= 0.6 is 0 Å². The summed E-state index contributed by atoms with van der Waals surface area (Å²) in [6.45, 7) is 0. The van der Waals surface area contributed by atoms with Gasteiger partial charge in [-0.15, -0.1) is 0 Å². The first-order chi connectivity index (χ1) is 11.2. The molecule has 0 aliphatic carbocycles. The van der Waals surface area contributed by atoms with Crippen molar-refractivity contribution in [3.63, 3.8) is 0 Å². The molecule has 112 valence electrons. The van der Waals surface area contributed by atoms with E-state index in [0.717, 1.165) is 0 Å². The molecule has 0 saturated heterocycles. The third-order valence-corrected chi connectivity index (χ3v) is 3.79. The molecule has 6 nitrogen and oxygen atoms in total. The van der Waals surface area contributed by atoms with E-state index in [1.807, 2.05) is 6.07 Å². The number of carbonyl (C=O) groups is 1. The summed E-state index contributed by atoms with van der Waals surface area (Å²) < 4.78 is 1.22. The van der Waals surface area contributed by atoms with Gasteiger partial charge in [-0.05, 0) is 0 Å². The molecule has 2 N–H and O–H groups in total. The van der Waals surface area contributed by atoms with Crippen molar-refractivity contribution < 1.29 is 4.79 Å². The molecule has 6 heteroatoms. The monoisotopic (exact) mass is 305 g/mol. The van der Waals surface area contributed by atoms with E-state index in [1.54, 1.807) is 48.5 Å². The van der Waals surface area contributed by atoms with Gasteiger partial charge in [0.25, 0.3) is 0 Å². The normalized spacial score (nSPS) is 11.1. The summed E-state index contributed by atoms with van der Waals surface area (Å²) in [5.74, 6) is -0.278. The number of aromatic amines is 2. The van der Waals surface area contributed by atoms with Gasteiger partial charge in [0.05, 0.1) is 0 Å². The maximum Gasteiger partial charge on any atom is 0.335 e. The highest BCUT2D eigenvalue weighted by atomic mass is 16.2. The number of benzene rings is 2. The first-order valence-electron chi connectivity index (χ1n) is 7.02. The van der Waals surface area contributed by atoms with Crippen LogP contribution in [0.15, 0.2) is 64.2 Å². The summed E-state index contributed by atoms with van der Waals surface area (Å²) in [6.07, 6.45) is 0. The zero-order chi connectivity index (χ0) is 16.0. The number of ketones is 1. The Morgan fingerprint density at radius 1 is 0.826 bits per heavy atom. The Morgan fingerprint density at radius 2 is 1.48 bits per heavy atom. The van der Waals surface area contributed by atoms with Crippen LogP contribution in [0.1, 0.15) is 16.1 Å². The fourth-order valence-corrected chi connectivity index (χ4v) is 2.82. The van der Waals surface area contributed by atoms with E-state index < -0.39 is 11.4 Å². The first-order valence-corrected chi connectivity index (χ1v) is 7.02. The van der Waals surface area contributed by atoms with Crippen molar-refractivity contribution in [3.8, 4) is 0 Å². The minimum Gasteiger partial charge on any atom is -0.292 e. The Hall–Kier alpha value is -3.41. The molecule has 0 radical (unpaired) electrons. The standard InChI is InChI=1S/C17H11N3O3/c21-14(10-6-2-1-3-7-10)13-11-8-4-5-9-12(11)15-18-16(22)19-17(23)20(13)15/h1-9H,(H2,18,19,22,23). The lowest BCUT2D eigenvalue weighted by Crippen LogP contribution is -2.29. The van der Waals surface area contributed by atoms with E-state index in [-0.39, 0.29) is 11.5 Å². The summed E-state index contributed by atoms with van der Waals surface area (Å²) in [6, 6.07) is 15.8. The minimum atomic E-state index is -0.640. The van der Waals surface area contributed by atoms with Gasteiger partial charge in [0, 0.05) is 16.3 Å². The van der Waals surface area contributed by atoms with Crippen LogP contribution in [-0.2, 0) is 0 Å². The van der Waals surface area contributed by atoms with Gasteiger partial charge in [-0.1, -0.05) is 54.6 Å². The molecular weight excluding hydrogens is 294 g/mol. The van der Waals surface area contributed by atoms with Crippen LogP contribution in [0.3, 0.4) is 0 Å². The predicted octanol–water partition coefficient (Wildman–Crippen LogP) is 1.70. The molecule has 0 amide bonds. The number of aromatic nitrogens is 3. The van der Waals surface area contributed by atoms with Crippen molar-refractivity contribution >= 4 is 22.2 Å². The zero-order valence-corrected chi connectivity index (χ0v) is 11.9. The van der Waals surface area contributed by atoms with Gasteiger partial charge in [-0.2, -0.15) is 0 Å². The summed E-state index contributed by atoms with van der Waals surface area (Å²) in [5.41, 5.74) is -0.222. The largest absolute Gasteiger partial charge is 0.335 e. The van der Waals surface area contributed by atoms with Crippen molar-refractivity contribution in [2.75, 3.05) is 0 Å². The summed E-state index contributed by atoms with van der Waals surface area (Å²) in [4.78, 5) is 41.5. The van der Waals surface area contributed by atoms with Gasteiger partial charge >= 0.3 is 11.4 Å². The Labute approximate surface area is 129 Å². The zero-order valence-electron chi connectivity index (χ0n) is 11.9. The van der Waals surface area contributed by atoms with Crippen molar-refractivity contribution in [3.05, 3.63) is 86.8 Å². The second-order valence-electron chi connectivity index (χ2n) is 5.16. The molecule has 0 unspecified atom stereocenters. The molecule has 0 saturated carbocycles. The predicted molar refractivity (Wildman–Crippen MR) is 86.0 cm³/mol. The second-order valence-corrected chi connectivity index (χ2v) is 5.16. The third kappa shape index (κ3) is 1.92. The van der Waals surface area contributed by atoms with Crippen molar-refractivity contribution in [2.24, 2.45) is 0 Å². The molecular formula is C17H11N3O3. The lowest BCUT2D eigenvalue weighted by Gasteiger charge is -2.02. The first kappa shape index (κ1) is 13.3. The Balaban J connectivity index is 2.19. The average molecular weight is 305 g/mol. The topological polar surface area (TPSA) is 87.2 Å². The number of carbonyl (C=O) groups excluding carboxylic acids is 1. The van der Waals surface area contributed by atoms with Gasteiger partial charge in [-0.25, -0.2) is 14.0 Å². The molecule has 4 rings (SSSR count). The number of hydrogen-bond acceptors (Lipinski definition) is 3. The molecule has 0 spiro atoms. The number of rotatable bonds is 2. The van der Waals surface area contributed by atoms with Crippen LogP contribution in [0.4, 0.5) is 0 Å². The van der Waals surface area contributed by atoms with E-state index in [9.17, 15) is 14.4 Å². The summed E-state index contributed by atoms with van der Waals surface area (Å²) in [5, 5.41) is 1.27. The maximum absolute atomic E-state index is 12.9. The van der Waals surface area contributed by atoms with Gasteiger partial charge < -0.3 is 0 Å².